The molecule has 342 valence electrons. The van der Waals surface area contributed by atoms with Crippen molar-refractivity contribution in [3.8, 4) is 17.2 Å². The molecule has 1 saturated carbocycles. The molecule has 0 bridgehead atoms. The van der Waals surface area contributed by atoms with Crippen molar-refractivity contribution in [1.82, 2.24) is 4.90 Å². The van der Waals surface area contributed by atoms with Gasteiger partial charge < -0.3 is 48.6 Å². The van der Waals surface area contributed by atoms with Crippen molar-refractivity contribution in [1.29, 1.82) is 0 Å². The van der Waals surface area contributed by atoms with E-state index in [1.54, 1.807) is 11.0 Å². The van der Waals surface area contributed by atoms with Crippen molar-refractivity contribution in [2.75, 3.05) is 66.5 Å². The van der Waals surface area contributed by atoms with Crippen molar-refractivity contribution < 1.29 is 53.4 Å². The number of ether oxygens (including phenoxy) is 6. The molecule has 3 aliphatic rings. The first-order valence-corrected chi connectivity index (χ1v) is 22.4. The number of oxime groups is 1. The van der Waals surface area contributed by atoms with Gasteiger partial charge in [-0.1, -0.05) is 66.5 Å². The normalized spacial score (nSPS) is 22.9. The molecule has 2 aliphatic carbocycles. The highest BCUT2D eigenvalue weighted by molar-refractivity contribution is 6.03. The van der Waals surface area contributed by atoms with Gasteiger partial charge in [0.1, 0.15) is 37.0 Å². The van der Waals surface area contributed by atoms with E-state index in [1.165, 1.54) is 12.7 Å². The average molecular weight is 871 g/mol. The number of allylic oxidation sites excluding steroid dienone is 1. The van der Waals surface area contributed by atoms with Gasteiger partial charge in [0.15, 0.2) is 0 Å². The fourth-order valence-electron chi connectivity index (χ4n) is 9.47. The van der Waals surface area contributed by atoms with Gasteiger partial charge in [0.25, 0.3) is 0 Å². The molecule has 0 aromatic heterocycles. The highest BCUT2D eigenvalue weighted by Crippen LogP contribution is 2.62. The maximum absolute atomic E-state index is 14.6. The maximum Gasteiger partial charge on any atom is 0.410 e. The molecule has 13 heteroatoms. The van der Waals surface area contributed by atoms with Crippen LogP contribution in [0.1, 0.15) is 73.1 Å². The van der Waals surface area contributed by atoms with Crippen LogP contribution in [0.2, 0.25) is 0 Å². The van der Waals surface area contributed by atoms with E-state index in [0.717, 1.165) is 53.7 Å². The molecule has 1 fully saturated rings. The largest absolute Gasteiger partial charge is 0.459 e. The Morgan fingerprint density at radius 2 is 1.65 bits per heavy atom. The van der Waals surface area contributed by atoms with E-state index in [4.69, 9.17) is 33.3 Å². The number of aliphatic hydroxyl groups is 3. The van der Waals surface area contributed by atoms with Crippen molar-refractivity contribution in [3.05, 3.63) is 113 Å². The summed E-state index contributed by atoms with van der Waals surface area (Å²) in [6, 6.07) is 20.9. The molecule has 1 aliphatic heterocycles. The smallest absolute Gasteiger partial charge is 0.410 e. The molecule has 0 radical (unpaired) electrons. The fourth-order valence-corrected chi connectivity index (χ4v) is 9.47. The fraction of sp³-hybridized carbons (Fsp3) is 0.520. The Hall–Kier alpha value is -4.76. The Bertz CT molecular complexity index is 1990. The van der Waals surface area contributed by atoms with Crippen LogP contribution in [-0.2, 0) is 30.4 Å². The van der Waals surface area contributed by atoms with Gasteiger partial charge in [0, 0.05) is 37.7 Å². The van der Waals surface area contributed by atoms with Gasteiger partial charge in [-0.3, -0.25) is 4.90 Å². The van der Waals surface area contributed by atoms with Crippen molar-refractivity contribution in [2.24, 2.45) is 22.9 Å². The maximum atomic E-state index is 14.6. The summed E-state index contributed by atoms with van der Waals surface area (Å²) in [5.41, 5.74) is 5.82. The molecule has 0 saturated heterocycles. The van der Waals surface area contributed by atoms with E-state index in [0.29, 0.717) is 36.7 Å². The van der Waals surface area contributed by atoms with Gasteiger partial charge in [-0.25, -0.2) is 4.79 Å². The van der Waals surface area contributed by atoms with Crippen LogP contribution in [0, 0.1) is 31.6 Å². The van der Waals surface area contributed by atoms with E-state index in [9.17, 15) is 20.1 Å². The number of benzene rings is 3. The zero-order valence-electron chi connectivity index (χ0n) is 37.1. The van der Waals surface area contributed by atoms with Gasteiger partial charge >= 0.3 is 6.09 Å². The Labute approximate surface area is 372 Å². The lowest BCUT2D eigenvalue weighted by molar-refractivity contribution is -0.256. The highest BCUT2D eigenvalue weighted by atomic mass is 16.7. The first kappa shape index (κ1) is 47.7. The number of fused-ring (bicyclic) bond motifs is 2. The molecule has 13 nitrogen and oxygen atoms in total. The second-order valence-corrected chi connectivity index (χ2v) is 16.5. The number of hydrogen-bond donors (Lipinski definition) is 3. The Morgan fingerprint density at radius 1 is 0.889 bits per heavy atom. The third-order valence-electron chi connectivity index (χ3n) is 12.4. The van der Waals surface area contributed by atoms with E-state index >= 15 is 0 Å². The summed E-state index contributed by atoms with van der Waals surface area (Å²) in [7, 11) is 1.52. The molecule has 3 aromatic carbocycles. The van der Waals surface area contributed by atoms with Gasteiger partial charge in [-0.2, -0.15) is 0 Å². The van der Waals surface area contributed by atoms with Crippen LogP contribution in [0.25, 0.3) is 0 Å². The first-order valence-electron chi connectivity index (χ1n) is 22.4. The lowest BCUT2D eigenvalue weighted by atomic mass is 9.55. The molecule has 6 atom stereocenters. The molecule has 63 heavy (non-hydrogen) atoms. The summed E-state index contributed by atoms with van der Waals surface area (Å²) in [5.74, 6) is -0.141. The summed E-state index contributed by atoms with van der Waals surface area (Å²) >= 11 is 0. The molecule has 3 aromatic rings. The number of unbranched alkanes of at least 4 members (excludes halogenated alkanes) is 2. The topological polar surface area (TPSA) is 158 Å². The molecule has 1 amide bonds. The SMILES string of the molecule is C=CCO[C@@]12Oc3ccc(Oc4ccc(C)c(C)c4)cc3[C@H]3[C@H](CCCCO)[C@@H](CCCCO)C=C(C(=NOC)C[C@@H]1N(CCOCCO)C(=O)OCCOCc1ccccc1)[C@H]32. The lowest BCUT2D eigenvalue weighted by Gasteiger charge is -2.59. The van der Waals surface area contributed by atoms with Crippen molar-refractivity contribution >= 4 is 11.8 Å². The van der Waals surface area contributed by atoms with E-state index in [-0.39, 0.29) is 83.6 Å². The Balaban J connectivity index is 1.47. The average Bonchev–Trinajstić information content (AvgIpc) is 3.29. The van der Waals surface area contributed by atoms with Crippen molar-refractivity contribution in [2.45, 2.75) is 83.1 Å². The second kappa shape index (κ2) is 23.8. The minimum atomic E-state index is -1.48. The lowest BCUT2D eigenvalue weighted by Crippen LogP contribution is -2.70. The van der Waals surface area contributed by atoms with E-state index in [2.05, 4.69) is 37.7 Å². The quantitative estimate of drug-likeness (QED) is 0.0430. The Kier molecular flexibility index (Phi) is 18.0. The Morgan fingerprint density at radius 3 is 2.38 bits per heavy atom. The molecule has 6 rings (SSSR count). The second-order valence-electron chi connectivity index (χ2n) is 16.5. The van der Waals surface area contributed by atoms with Crippen LogP contribution in [-0.4, -0.2) is 110 Å². The molecule has 0 unspecified atom stereocenters. The minimum Gasteiger partial charge on any atom is -0.459 e. The molecule has 0 spiro atoms. The molecular formula is C50H66N2O11. The summed E-state index contributed by atoms with van der Waals surface area (Å²) < 4.78 is 38.5. The summed E-state index contributed by atoms with van der Waals surface area (Å²) in [4.78, 5) is 21.7. The molecule has 1 heterocycles. The molecule has 3 N–H and O–H groups in total. The standard InChI is InChI=1S/C50H66N2O11/c1-5-25-61-50-46(52(21-26-58-27-24-55)49(56)60-29-28-59-34-37-13-7-6-8-14-37)33-44(51-57-4)42-31-38(15-9-11-22-53)41(16-10-12-23-54)47(48(42)50)43-32-40(19-20-45(43)63-50)62-39-18-17-35(2)36(3)30-39/h5-8,13-14,17-20,30-32,38,41,46-48,53-55H,1,9-12,15-16,21-29,33-34H2,2-4H3/t38-,41+,46-,47+,48+,50+/m0/s1. The number of aliphatic hydroxyl groups excluding tert-OH is 3. The van der Waals surface area contributed by atoms with Gasteiger partial charge in [-0.15, -0.1) is 6.58 Å². The third kappa shape index (κ3) is 11.7. The number of rotatable bonds is 25. The third-order valence-corrected chi connectivity index (χ3v) is 12.4. The van der Waals surface area contributed by atoms with Crippen LogP contribution in [0.15, 0.2) is 96.2 Å². The summed E-state index contributed by atoms with van der Waals surface area (Å²) in [5, 5.41) is 34.0. The monoisotopic (exact) mass is 870 g/mol. The zero-order chi connectivity index (χ0) is 44.6. The number of carbonyl (C=O) groups is 1. The van der Waals surface area contributed by atoms with Crippen LogP contribution in [0.3, 0.4) is 0 Å². The number of amides is 1. The van der Waals surface area contributed by atoms with Crippen LogP contribution < -0.4 is 9.47 Å². The van der Waals surface area contributed by atoms with Gasteiger partial charge in [-0.05, 0) is 104 Å². The van der Waals surface area contributed by atoms with Crippen LogP contribution in [0.4, 0.5) is 4.79 Å². The number of carbonyl (C=O) groups excluding carboxylic acids is 1. The van der Waals surface area contributed by atoms with Crippen molar-refractivity contribution in [3.63, 3.8) is 0 Å². The first-order chi connectivity index (χ1) is 30.8. The summed E-state index contributed by atoms with van der Waals surface area (Å²) in [6.45, 7) is 9.10. The number of aryl methyl sites for hydroxylation is 2. The van der Waals surface area contributed by atoms with E-state index in [1.807, 2.05) is 60.7 Å². The zero-order valence-corrected chi connectivity index (χ0v) is 37.1. The number of nitrogens with zero attached hydrogens (tertiary/aromatic N) is 2. The van der Waals surface area contributed by atoms with Gasteiger partial charge in [0.05, 0.1) is 51.3 Å². The predicted octanol–water partition coefficient (Wildman–Crippen LogP) is 8.02. The van der Waals surface area contributed by atoms with Gasteiger partial charge in [0.2, 0.25) is 5.79 Å². The van der Waals surface area contributed by atoms with Crippen LogP contribution >= 0.6 is 0 Å². The highest BCUT2D eigenvalue weighted by Gasteiger charge is 2.65. The summed E-state index contributed by atoms with van der Waals surface area (Å²) in [6.07, 6.45) is 8.10. The minimum absolute atomic E-state index is 0.00144. The number of hydrogen-bond acceptors (Lipinski definition) is 12. The van der Waals surface area contributed by atoms with Crippen LogP contribution in [0.5, 0.6) is 17.2 Å². The predicted molar refractivity (Wildman–Crippen MR) is 240 cm³/mol. The van der Waals surface area contributed by atoms with E-state index < -0.39 is 23.8 Å². The molecular weight excluding hydrogens is 805 g/mol.